The van der Waals surface area contributed by atoms with Gasteiger partial charge in [-0.3, -0.25) is 4.79 Å². The van der Waals surface area contributed by atoms with Crippen molar-refractivity contribution in [2.45, 2.75) is 0 Å². The van der Waals surface area contributed by atoms with Gasteiger partial charge < -0.3 is 4.74 Å². The number of benzene rings is 3. The lowest BCUT2D eigenvalue weighted by Gasteiger charge is -2.10. The predicted octanol–water partition coefficient (Wildman–Crippen LogP) is 5.33. The number of rotatable bonds is 5. The van der Waals surface area contributed by atoms with Gasteiger partial charge in [-0.15, -0.1) is 0 Å². The number of nitrogens with zero attached hydrogens (tertiary/aromatic N) is 2. The zero-order valence-electron chi connectivity index (χ0n) is 16.2. The van der Waals surface area contributed by atoms with Crippen molar-refractivity contribution in [2.24, 2.45) is 5.10 Å². The molecule has 0 spiro atoms. The molecule has 6 heteroatoms. The number of hydrogen-bond donors (Lipinski definition) is 1. The summed E-state index contributed by atoms with van der Waals surface area (Å²) in [4.78, 5) is 17.6. The summed E-state index contributed by atoms with van der Waals surface area (Å²) in [6.07, 6.45) is 1.57. The van der Waals surface area contributed by atoms with E-state index in [2.05, 4.69) is 15.5 Å². The Morgan fingerprint density at radius 3 is 2.67 bits per heavy atom. The molecule has 0 radical (unpaired) electrons. The van der Waals surface area contributed by atoms with Gasteiger partial charge in [-0.2, -0.15) is 5.10 Å². The Kier molecular flexibility index (Phi) is 5.72. The van der Waals surface area contributed by atoms with Crippen LogP contribution in [0.15, 0.2) is 84.0 Å². The summed E-state index contributed by atoms with van der Waals surface area (Å²) in [5.74, 6) is 0.385. The molecular weight excluding hydrogens is 398 g/mol. The number of hydrazone groups is 1. The average molecular weight is 416 g/mol. The molecule has 0 saturated heterocycles. The summed E-state index contributed by atoms with van der Waals surface area (Å²) in [5, 5.41) is 5.40. The van der Waals surface area contributed by atoms with Gasteiger partial charge >= 0.3 is 0 Å². The van der Waals surface area contributed by atoms with Crippen molar-refractivity contribution in [3.63, 3.8) is 0 Å². The predicted molar refractivity (Wildman–Crippen MR) is 120 cm³/mol. The Bertz CT molecular complexity index is 1250. The van der Waals surface area contributed by atoms with Gasteiger partial charge in [-0.25, -0.2) is 10.4 Å². The lowest BCUT2D eigenvalue weighted by molar-refractivity contribution is 0.0956. The fraction of sp³-hybridized carbons (Fsp3) is 0.0417. The minimum atomic E-state index is -0.332. The minimum absolute atomic E-state index is 0.332. The van der Waals surface area contributed by atoms with Gasteiger partial charge in [0, 0.05) is 16.0 Å². The first-order valence-electron chi connectivity index (χ1n) is 9.28. The number of nitrogens with one attached hydrogen (secondary N) is 1. The highest BCUT2D eigenvalue weighted by molar-refractivity contribution is 6.33. The molecule has 0 unspecified atom stereocenters. The van der Waals surface area contributed by atoms with Crippen LogP contribution in [0.25, 0.3) is 22.2 Å². The maximum absolute atomic E-state index is 12.9. The van der Waals surface area contributed by atoms with Crippen molar-refractivity contribution in [2.75, 3.05) is 7.11 Å². The molecule has 4 rings (SSSR count). The summed E-state index contributed by atoms with van der Waals surface area (Å²) >= 11 is 6.34. The molecule has 148 valence electrons. The fourth-order valence-electron chi connectivity index (χ4n) is 3.12. The lowest BCUT2D eigenvalue weighted by Crippen LogP contribution is -2.18. The van der Waals surface area contributed by atoms with E-state index in [4.69, 9.17) is 16.3 Å². The maximum atomic E-state index is 12.9. The summed E-state index contributed by atoms with van der Waals surface area (Å²) in [5.41, 5.74) is 5.98. The normalized spacial score (nSPS) is 11.0. The molecule has 4 aromatic rings. The van der Waals surface area contributed by atoms with Crippen molar-refractivity contribution in [1.82, 2.24) is 10.4 Å². The number of carbonyl (C=O) groups excluding carboxylic acids is 1. The van der Waals surface area contributed by atoms with Crippen LogP contribution in [0, 0.1) is 0 Å². The van der Waals surface area contributed by atoms with Crippen molar-refractivity contribution in [1.29, 1.82) is 0 Å². The third-order valence-electron chi connectivity index (χ3n) is 4.58. The second-order valence-electron chi connectivity index (χ2n) is 6.53. The van der Waals surface area contributed by atoms with E-state index >= 15 is 0 Å². The van der Waals surface area contributed by atoms with Gasteiger partial charge in [0.25, 0.3) is 5.91 Å². The Labute approximate surface area is 179 Å². The quantitative estimate of drug-likeness (QED) is 0.354. The molecule has 1 amide bonds. The van der Waals surface area contributed by atoms with Crippen LogP contribution in [0.4, 0.5) is 0 Å². The molecule has 0 bridgehead atoms. The minimum Gasteiger partial charge on any atom is -0.497 e. The topological polar surface area (TPSA) is 63.6 Å². The molecule has 0 fully saturated rings. The number of aromatic nitrogens is 1. The van der Waals surface area contributed by atoms with Gasteiger partial charge in [-0.1, -0.05) is 60.1 Å². The molecule has 3 aromatic carbocycles. The largest absolute Gasteiger partial charge is 0.497 e. The number of carbonyl (C=O) groups is 1. The Balaban J connectivity index is 1.67. The number of methoxy groups -OCH3 is 1. The summed E-state index contributed by atoms with van der Waals surface area (Å²) in [6, 6.07) is 24.0. The highest BCUT2D eigenvalue weighted by Gasteiger charge is 2.14. The molecular formula is C24H18ClN3O2. The maximum Gasteiger partial charge on any atom is 0.272 e. The zero-order valence-corrected chi connectivity index (χ0v) is 16.9. The van der Waals surface area contributed by atoms with E-state index < -0.39 is 0 Å². The Morgan fingerprint density at radius 1 is 1.03 bits per heavy atom. The van der Waals surface area contributed by atoms with Crippen LogP contribution in [0.1, 0.15) is 15.9 Å². The first kappa shape index (κ1) is 19.6. The van der Waals surface area contributed by atoms with Crippen LogP contribution < -0.4 is 10.2 Å². The van der Waals surface area contributed by atoms with E-state index in [1.54, 1.807) is 25.5 Å². The lowest BCUT2D eigenvalue weighted by atomic mass is 10.0. The van der Waals surface area contributed by atoms with Crippen LogP contribution >= 0.6 is 11.6 Å². The highest BCUT2D eigenvalue weighted by Crippen LogP contribution is 2.29. The van der Waals surface area contributed by atoms with Gasteiger partial charge in [0.1, 0.15) is 5.75 Å². The number of amides is 1. The molecule has 0 aliphatic heterocycles. The van der Waals surface area contributed by atoms with Crippen LogP contribution in [0.5, 0.6) is 5.75 Å². The Morgan fingerprint density at radius 2 is 1.83 bits per heavy atom. The van der Waals surface area contributed by atoms with Crippen LogP contribution in [0.3, 0.4) is 0 Å². The van der Waals surface area contributed by atoms with Crippen molar-refractivity contribution in [3.05, 3.63) is 95.0 Å². The van der Waals surface area contributed by atoms with Crippen molar-refractivity contribution < 1.29 is 9.53 Å². The first-order chi connectivity index (χ1) is 14.7. The first-order valence-corrected chi connectivity index (χ1v) is 9.65. The SMILES string of the molecule is COc1cccc(/C=N\NC(=O)c2cc(-c3ccccc3Cl)nc3ccccc23)c1. The van der Waals surface area contributed by atoms with Gasteiger partial charge in [-0.05, 0) is 35.9 Å². The number of halogens is 1. The molecule has 1 N–H and O–H groups in total. The number of pyridine rings is 1. The monoisotopic (exact) mass is 415 g/mol. The summed E-state index contributed by atoms with van der Waals surface area (Å²) < 4.78 is 5.20. The Hall–Kier alpha value is -3.70. The van der Waals surface area contributed by atoms with E-state index in [1.807, 2.05) is 66.7 Å². The highest BCUT2D eigenvalue weighted by atomic mass is 35.5. The van der Waals surface area contributed by atoms with Gasteiger partial charge in [0.15, 0.2) is 0 Å². The van der Waals surface area contributed by atoms with Gasteiger partial charge in [0.05, 0.1) is 30.1 Å². The fourth-order valence-corrected chi connectivity index (χ4v) is 3.35. The van der Waals surface area contributed by atoms with E-state index in [0.29, 0.717) is 21.8 Å². The van der Waals surface area contributed by atoms with E-state index in [-0.39, 0.29) is 5.91 Å². The smallest absolute Gasteiger partial charge is 0.272 e. The molecule has 5 nitrogen and oxygen atoms in total. The molecule has 0 saturated carbocycles. The third kappa shape index (κ3) is 4.16. The number of fused-ring (bicyclic) bond motifs is 1. The number of ether oxygens (including phenoxy) is 1. The average Bonchev–Trinajstić information content (AvgIpc) is 2.78. The number of para-hydroxylation sites is 1. The molecule has 0 aliphatic rings. The van der Waals surface area contributed by atoms with Crippen LogP contribution in [0.2, 0.25) is 5.02 Å². The van der Waals surface area contributed by atoms with E-state index in [9.17, 15) is 4.79 Å². The van der Waals surface area contributed by atoms with E-state index in [0.717, 1.165) is 22.3 Å². The molecule has 1 heterocycles. The van der Waals surface area contributed by atoms with Gasteiger partial charge in [0.2, 0.25) is 0 Å². The second-order valence-corrected chi connectivity index (χ2v) is 6.93. The van der Waals surface area contributed by atoms with E-state index in [1.165, 1.54) is 0 Å². The number of hydrogen-bond acceptors (Lipinski definition) is 4. The molecule has 0 atom stereocenters. The molecule has 0 aliphatic carbocycles. The third-order valence-corrected chi connectivity index (χ3v) is 4.91. The van der Waals surface area contributed by atoms with Crippen molar-refractivity contribution in [3.8, 4) is 17.0 Å². The summed E-state index contributed by atoms with van der Waals surface area (Å²) in [6.45, 7) is 0. The van der Waals surface area contributed by atoms with Crippen molar-refractivity contribution >= 4 is 34.6 Å². The van der Waals surface area contributed by atoms with Crippen LogP contribution in [-0.4, -0.2) is 24.2 Å². The zero-order chi connectivity index (χ0) is 20.9. The van der Waals surface area contributed by atoms with Crippen LogP contribution in [-0.2, 0) is 0 Å². The molecule has 1 aromatic heterocycles. The standard InChI is InChI=1S/C24H18ClN3O2/c1-30-17-8-6-7-16(13-17)15-26-28-24(29)20-14-23(19-10-2-4-11-21(19)25)27-22-12-5-3-9-18(20)22/h2-15H,1H3,(H,28,29)/b26-15-. The summed E-state index contributed by atoms with van der Waals surface area (Å²) in [7, 11) is 1.60. The second kappa shape index (κ2) is 8.76. The molecule has 30 heavy (non-hydrogen) atoms.